The molecule has 1 saturated heterocycles. The van der Waals surface area contributed by atoms with E-state index in [0.29, 0.717) is 19.5 Å². The van der Waals surface area contributed by atoms with Gasteiger partial charge in [0.1, 0.15) is 6.04 Å². The standard InChI is InChI=1S/C19H24N4O2/c1-2-7-18(24)22-12-5-10-17(22)19(25)20-14-15-8-3-4-9-16(15)23-13-6-11-21-23/h3-4,6,8-9,11,13,17H,2,5,7,10,12,14H2,1H3,(H,20,25)/t17-/m1/s1. The number of amides is 2. The van der Waals surface area contributed by atoms with Crippen LogP contribution in [0.3, 0.4) is 0 Å². The largest absolute Gasteiger partial charge is 0.350 e. The van der Waals surface area contributed by atoms with E-state index >= 15 is 0 Å². The summed E-state index contributed by atoms with van der Waals surface area (Å²) in [6.45, 7) is 3.08. The van der Waals surface area contributed by atoms with Crippen molar-refractivity contribution in [3.8, 4) is 5.69 Å². The molecule has 1 atom stereocenters. The molecule has 1 fully saturated rings. The van der Waals surface area contributed by atoms with E-state index in [1.165, 1.54) is 0 Å². The van der Waals surface area contributed by atoms with Gasteiger partial charge in [0.25, 0.3) is 0 Å². The maximum absolute atomic E-state index is 12.6. The lowest BCUT2D eigenvalue weighted by Gasteiger charge is -2.24. The molecular formula is C19H24N4O2. The molecule has 0 radical (unpaired) electrons. The first kappa shape index (κ1) is 17.2. The Kier molecular flexibility index (Phi) is 5.48. The third-order valence-corrected chi connectivity index (χ3v) is 4.54. The summed E-state index contributed by atoms with van der Waals surface area (Å²) in [6.07, 6.45) is 6.54. The number of hydrogen-bond donors (Lipinski definition) is 1. The second-order valence-corrected chi connectivity index (χ2v) is 6.29. The molecule has 0 spiro atoms. The van der Waals surface area contributed by atoms with Gasteiger partial charge in [-0.3, -0.25) is 9.59 Å². The predicted octanol–water partition coefficient (Wildman–Crippen LogP) is 2.28. The second-order valence-electron chi connectivity index (χ2n) is 6.29. The summed E-state index contributed by atoms with van der Waals surface area (Å²) in [5, 5.41) is 7.25. The van der Waals surface area contributed by atoms with Crippen molar-refractivity contribution in [2.75, 3.05) is 6.54 Å². The second kappa shape index (κ2) is 7.96. The first-order valence-electron chi connectivity index (χ1n) is 8.85. The van der Waals surface area contributed by atoms with Gasteiger partial charge in [-0.05, 0) is 37.0 Å². The van der Waals surface area contributed by atoms with Gasteiger partial charge in [0.15, 0.2) is 0 Å². The van der Waals surface area contributed by atoms with Crippen molar-refractivity contribution in [2.45, 2.75) is 45.2 Å². The first-order chi connectivity index (χ1) is 12.2. The van der Waals surface area contributed by atoms with E-state index in [1.807, 2.05) is 43.5 Å². The van der Waals surface area contributed by atoms with Gasteiger partial charge in [0.2, 0.25) is 11.8 Å². The Labute approximate surface area is 147 Å². The van der Waals surface area contributed by atoms with Gasteiger partial charge in [-0.25, -0.2) is 4.68 Å². The number of hydrogen-bond acceptors (Lipinski definition) is 3. The molecule has 1 aromatic heterocycles. The fourth-order valence-corrected chi connectivity index (χ4v) is 3.29. The van der Waals surface area contributed by atoms with Crippen molar-refractivity contribution in [1.82, 2.24) is 20.0 Å². The van der Waals surface area contributed by atoms with Gasteiger partial charge < -0.3 is 10.2 Å². The van der Waals surface area contributed by atoms with Crippen LogP contribution in [0.2, 0.25) is 0 Å². The van der Waals surface area contributed by atoms with Crippen LogP contribution in [0.1, 0.15) is 38.2 Å². The van der Waals surface area contributed by atoms with Crippen molar-refractivity contribution >= 4 is 11.8 Å². The molecule has 2 heterocycles. The number of aromatic nitrogens is 2. The van der Waals surface area contributed by atoms with Gasteiger partial charge in [-0.15, -0.1) is 0 Å². The smallest absolute Gasteiger partial charge is 0.243 e. The molecule has 0 aliphatic carbocycles. The lowest BCUT2D eigenvalue weighted by atomic mass is 10.1. The zero-order chi connectivity index (χ0) is 17.6. The fourth-order valence-electron chi connectivity index (χ4n) is 3.29. The molecule has 1 aliphatic rings. The van der Waals surface area contributed by atoms with Gasteiger partial charge in [-0.2, -0.15) is 5.10 Å². The molecule has 6 heteroatoms. The Balaban J connectivity index is 1.66. The molecule has 1 N–H and O–H groups in total. The summed E-state index contributed by atoms with van der Waals surface area (Å²) in [4.78, 5) is 26.5. The van der Waals surface area contributed by atoms with E-state index in [4.69, 9.17) is 0 Å². The van der Waals surface area contributed by atoms with Crippen LogP contribution in [-0.2, 0) is 16.1 Å². The van der Waals surface area contributed by atoms with Crippen LogP contribution in [0.15, 0.2) is 42.7 Å². The Hall–Kier alpha value is -2.63. The van der Waals surface area contributed by atoms with Gasteiger partial charge >= 0.3 is 0 Å². The van der Waals surface area contributed by atoms with Crippen LogP contribution in [0.5, 0.6) is 0 Å². The fraction of sp³-hybridized carbons (Fsp3) is 0.421. The minimum Gasteiger partial charge on any atom is -0.350 e. The molecule has 1 aliphatic heterocycles. The summed E-state index contributed by atoms with van der Waals surface area (Å²) in [7, 11) is 0. The summed E-state index contributed by atoms with van der Waals surface area (Å²) >= 11 is 0. The third kappa shape index (κ3) is 3.90. The molecule has 2 aromatic rings. The predicted molar refractivity (Wildman–Crippen MR) is 95.1 cm³/mol. The maximum Gasteiger partial charge on any atom is 0.243 e. The molecular weight excluding hydrogens is 316 g/mol. The summed E-state index contributed by atoms with van der Waals surface area (Å²) in [5.41, 5.74) is 1.93. The SMILES string of the molecule is CCCC(=O)N1CCC[C@@H]1C(=O)NCc1ccccc1-n1cccn1. The number of benzene rings is 1. The monoisotopic (exact) mass is 340 g/mol. The minimum atomic E-state index is -0.337. The molecule has 3 rings (SSSR count). The van der Waals surface area contributed by atoms with Crippen LogP contribution >= 0.6 is 0 Å². The number of para-hydroxylation sites is 1. The molecule has 0 saturated carbocycles. The van der Waals surface area contributed by atoms with Gasteiger partial charge in [0.05, 0.1) is 5.69 Å². The van der Waals surface area contributed by atoms with Crippen LogP contribution in [0.25, 0.3) is 5.69 Å². The van der Waals surface area contributed by atoms with E-state index in [2.05, 4.69) is 10.4 Å². The zero-order valence-corrected chi connectivity index (χ0v) is 14.5. The molecule has 25 heavy (non-hydrogen) atoms. The Morgan fingerprint density at radius 1 is 1.28 bits per heavy atom. The van der Waals surface area contributed by atoms with Crippen molar-refractivity contribution in [3.63, 3.8) is 0 Å². The third-order valence-electron chi connectivity index (χ3n) is 4.54. The maximum atomic E-state index is 12.6. The van der Waals surface area contributed by atoms with Crippen LogP contribution in [-0.4, -0.2) is 39.1 Å². The van der Waals surface area contributed by atoms with Crippen molar-refractivity contribution in [2.24, 2.45) is 0 Å². The summed E-state index contributed by atoms with van der Waals surface area (Å²) in [6, 6.07) is 9.37. The van der Waals surface area contributed by atoms with Crippen LogP contribution in [0.4, 0.5) is 0 Å². The van der Waals surface area contributed by atoms with E-state index in [1.54, 1.807) is 15.8 Å². The summed E-state index contributed by atoms with van der Waals surface area (Å²) in [5.74, 6) is 0.00862. The number of nitrogens with zero attached hydrogens (tertiary/aromatic N) is 3. The van der Waals surface area contributed by atoms with Crippen molar-refractivity contribution in [3.05, 3.63) is 48.3 Å². The molecule has 6 nitrogen and oxygen atoms in total. The Morgan fingerprint density at radius 2 is 2.12 bits per heavy atom. The average Bonchev–Trinajstić information content (AvgIpc) is 3.31. The number of carbonyl (C=O) groups excluding carboxylic acids is 2. The van der Waals surface area contributed by atoms with Crippen molar-refractivity contribution in [1.29, 1.82) is 0 Å². The van der Waals surface area contributed by atoms with Crippen LogP contribution < -0.4 is 5.32 Å². The molecule has 0 bridgehead atoms. The normalized spacial score (nSPS) is 16.8. The van der Waals surface area contributed by atoms with Crippen LogP contribution in [0, 0.1) is 0 Å². The quantitative estimate of drug-likeness (QED) is 0.877. The number of carbonyl (C=O) groups is 2. The van der Waals surface area contributed by atoms with E-state index < -0.39 is 0 Å². The topological polar surface area (TPSA) is 67.2 Å². The average molecular weight is 340 g/mol. The Bertz CT molecular complexity index is 727. The zero-order valence-electron chi connectivity index (χ0n) is 14.5. The highest BCUT2D eigenvalue weighted by atomic mass is 16.2. The highest BCUT2D eigenvalue weighted by Gasteiger charge is 2.33. The van der Waals surface area contributed by atoms with E-state index in [9.17, 15) is 9.59 Å². The molecule has 2 amide bonds. The lowest BCUT2D eigenvalue weighted by molar-refractivity contribution is -0.138. The molecule has 1 aromatic carbocycles. The molecule has 132 valence electrons. The van der Waals surface area contributed by atoms with E-state index in [0.717, 1.165) is 30.5 Å². The summed E-state index contributed by atoms with van der Waals surface area (Å²) < 4.78 is 1.79. The highest BCUT2D eigenvalue weighted by molar-refractivity contribution is 5.88. The highest BCUT2D eigenvalue weighted by Crippen LogP contribution is 2.19. The first-order valence-corrected chi connectivity index (χ1v) is 8.85. The minimum absolute atomic E-state index is 0.0720. The van der Waals surface area contributed by atoms with Crippen molar-refractivity contribution < 1.29 is 9.59 Å². The number of likely N-dealkylation sites (tertiary alicyclic amines) is 1. The number of rotatable bonds is 6. The van der Waals surface area contributed by atoms with Gasteiger partial charge in [-0.1, -0.05) is 25.1 Å². The lowest BCUT2D eigenvalue weighted by Crippen LogP contribution is -2.45. The Morgan fingerprint density at radius 3 is 2.88 bits per heavy atom. The van der Waals surface area contributed by atoms with E-state index in [-0.39, 0.29) is 17.9 Å². The molecule has 0 unspecified atom stereocenters. The van der Waals surface area contributed by atoms with Gasteiger partial charge in [0, 0.05) is 31.9 Å². The number of nitrogens with one attached hydrogen (secondary N) is 1.